The second-order valence-electron chi connectivity index (χ2n) is 3.74. The monoisotopic (exact) mass is 237 g/mol. The molecule has 1 rings (SSSR count). The van der Waals surface area contributed by atoms with E-state index in [0.717, 1.165) is 17.9 Å². The zero-order valence-corrected chi connectivity index (χ0v) is 10.5. The third-order valence-corrected chi connectivity index (χ3v) is 2.32. The first kappa shape index (κ1) is 13.5. The highest BCUT2D eigenvalue weighted by Crippen LogP contribution is 2.16. The van der Waals surface area contributed by atoms with Crippen molar-refractivity contribution in [3.05, 3.63) is 24.3 Å². The highest BCUT2D eigenvalue weighted by molar-refractivity contribution is 5.93. The lowest BCUT2D eigenvalue weighted by molar-refractivity contribution is -0.124. The number of methoxy groups -OCH3 is 1. The molecule has 0 bridgehead atoms. The van der Waals surface area contributed by atoms with Crippen LogP contribution in [-0.4, -0.2) is 25.7 Å². The minimum atomic E-state index is -0.453. The molecule has 0 aliphatic rings. The van der Waals surface area contributed by atoms with E-state index < -0.39 is 6.10 Å². The molecule has 0 spiro atoms. The van der Waals surface area contributed by atoms with Gasteiger partial charge in [0.15, 0.2) is 0 Å². The lowest BCUT2D eigenvalue weighted by Crippen LogP contribution is -2.26. The number of hydrogen-bond acceptors (Lipinski definition) is 3. The second kappa shape index (κ2) is 6.91. The molecule has 0 aliphatic heterocycles. The largest absolute Gasteiger partial charge is 0.494 e. The van der Waals surface area contributed by atoms with Gasteiger partial charge in [-0.1, -0.05) is 6.92 Å². The summed E-state index contributed by atoms with van der Waals surface area (Å²) < 4.78 is 10.4. The molecule has 1 amide bonds. The van der Waals surface area contributed by atoms with E-state index in [9.17, 15) is 4.79 Å². The number of carbonyl (C=O) groups excluding carboxylic acids is 1. The van der Waals surface area contributed by atoms with Gasteiger partial charge in [-0.05, 0) is 37.6 Å². The van der Waals surface area contributed by atoms with Crippen molar-refractivity contribution < 1.29 is 14.3 Å². The molecule has 1 unspecified atom stereocenters. The van der Waals surface area contributed by atoms with Gasteiger partial charge in [-0.3, -0.25) is 4.79 Å². The lowest BCUT2D eigenvalue weighted by atomic mass is 10.3. The Labute approximate surface area is 102 Å². The van der Waals surface area contributed by atoms with Crippen LogP contribution in [0.15, 0.2) is 24.3 Å². The van der Waals surface area contributed by atoms with Crippen LogP contribution in [0.3, 0.4) is 0 Å². The van der Waals surface area contributed by atoms with E-state index in [4.69, 9.17) is 9.47 Å². The van der Waals surface area contributed by atoms with Gasteiger partial charge < -0.3 is 14.8 Å². The lowest BCUT2D eigenvalue weighted by Gasteiger charge is -2.11. The number of rotatable bonds is 6. The van der Waals surface area contributed by atoms with E-state index in [1.54, 1.807) is 6.92 Å². The average Bonchev–Trinajstić information content (AvgIpc) is 2.37. The number of benzene rings is 1. The summed E-state index contributed by atoms with van der Waals surface area (Å²) >= 11 is 0. The van der Waals surface area contributed by atoms with Gasteiger partial charge in [0.25, 0.3) is 5.91 Å². The van der Waals surface area contributed by atoms with Crippen molar-refractivity contribution in [3.63, 3.8) is 0 Å². The van der Waals surface area contributed by atoms with Crippen LogP contribution >= 0.6 is 0 Å². The minimum absolute atomic E-state index is 0.158. The summed E-state index contributed by atoms with van der Waals surface area (Å²) in [6.07, 6.45) is 0.523. The molecular weight excluding hydrogens is 218 g/mol. The van der Waals surface area contributed by atoms with Crippen LogP contribution in [0, 0.1) is 0 Å². The summed E-state index contributed by atoms with van der Waals surface area (Å²) in [5.41, 5.74) is 0.739. The zero-order valence-electron chi connectivity index (χ0n) is 10.5. The smallest absolute Gasteiger partial charge is 0.253 e. The van der Waals surface area contributed by atoms with E-state index in [-0.39, 0.29) is 5.91 Å². The van der Waals surface area contributed by atoms with Gasteiger partial charge >= 0.3 is 0 Å². The van der Waals surface area contributed by atoms with Gasteiger partial charge in [-0.25, -0.2) is 0 Å². The summed E-state index contributed by atoms with van der Waals surface area (Å²) in [6.45, 7) is 4.46. The van der Waals surface area contributed by atoms with Gasteiger partial charge in [0.05, 0.1) is 6.61 Å². The standard InChI is InChI=1S/C13H19NO3/c1-4-9-17-12-7-5-11(6-8-12)14-13(15)10(2)16-3/h5-8,10H,4,9H2,1-3H3,(H,14,15). The molecule has 0 heterocycles. The number of nitrogens with one attached hydrogen (secondary N) is 1. The molecule has 0 saturated heterocycles. The Morgan fingerprint density at radius 3 is 2.53 bits per heavy atom. The SMILES string of the molecule is CCCOc1ccc(NC(=O)C(C)OC)cc1. The quantitative estimate of drug-likeness (QED) is 0.826. The van der Waals surface area contributed by atoms with Crippen LogP contribution in [0.1, 0.15) is 20.3 Å². The fourth-order valence-electron chi connectivity index (χ4n) is 1.21. The van der Waals surface area contributed by atoms with Crippen molar-refractivity contribution in [3.8, 4) is 5.75 Å². The maximum absolute atomic E-state index is 11.5. The van der Waals surface area contributed by atoms with Crippen molar-refractivity contribution in [2.24, 2.45) is 0 Å². The second-order valence-corrected chi connectivity index (χ2v) is 3.74. The van der Waals surface area contributed by atoms with Crippen molar-refractivity contribution in [2.45, 2.75) is 26.4 Å². The van der Waals surface area contributed by atoms with Gasteiger partial charge in [-0.15, -0.1) is 0 Å². The summed E-state index contributed by atoms with van der Waals surface area (Å²) in [7, 11) is 1.51. The zero-order chi connectivity index (χ0) is 12.7. The van der Waals surface area contributed by atoms with Crippen molar-refractivity contribution in [2.75, 3.05) is 19.0 Å². The van der Waals surface area contributed by atoms with Gasteiger partial charge in [0, 0.05) is 12.8 Å². The van der Waals surface area contributed by atoms with Crippen LogP contribution in [0.4, 0.5) is 5.69 Å². The fourth-order valence-corrected chi connectivity index (χ4v) is 1.21. The molecule has 1 aromatic carbocycles. The third-order valence-electron chi connectivity index (χ3n) is 2.32. The summed E-state index contributed by atoms with van der Waals surface area (Å²) in [5.74, 6) is 0.652. The highest BCUT2D eigenvalue weighted by Gasteiger charge is 2.11. The first-order valence-electron chi connectivity index (χ1n) is 5.74. The number of hydrogen-bond donors (Lipinski definition) is 1. The Morgan fingerprint density at radius 2 is 2.00 bits per heavy atom. The number of carbonyl (C=O) groups is 1. The first-order valence-corrected chi connectivity index (χ1v) is 5.74. The number of anilines is 1. The predicted octanol–water partition coefficient (Wildman–Crippen LogP) is 2.45. The third kappa shape index (κ3) is 4.44. The molecular formula is C13H19NO3. The van der Waals surface area contributed by atoms with E-state index in [2.05, 4.69) is 12.2 Å². The Hall–Kier alpha value is -1.55. The van der Waals surface area contributed by atoms with Crippen LogP contribution in [0.5, 0.6) is 5.75 Å². The van der Waals surface area contributed by atoms with Crippen molar-refractivity contribution in [1.82, 2.24) is 0 Å². The van der Waals surface area contributed by atoms with Crippen LogP contribution in [-0.2, 0) is 9.53 Å². The van der Waals surface area contributed by atoms with Gasteiger partial charge in [0.2, 0.25) is 0 Å². The van der Waals surface area contributed by atoms with Crippen LogP contribution in [0.2, 0.25) is 0 Å². The average molecular weight is 237 g/mol. The molecule has 0 fully saturated rings. The normalized spacial score (nSPS) is 11.9. The molecule has 0 aromatic heterocycles. The molecule has 1 aromatic rings. The predicted molar refractivity (Wildman–Crippen MR) is 67.3 cm³/mol. The topological polar surface area (TPSA) is 47.6 Å². The molecule has 1 N–H and O–H groups in total. The summed E-state index contributed by atoms with van der Waals surface area (Å²) in [5, 5.41) is 2.76. The molecule has 4 nitrogen and oxygen atoms in total. The number of ether oxygens (including phenoxy) is 2. The van der Waals surface area contributed by atoms with E-state index in [0.29, 0.717) is 6.61 Å². The van der Waals surface area contributed by atoms with E-state index in [1.165, 1.54) is 7.11 Å². The van der Waals surface area contributed by atoms with Crippen LogP contribution in [0.25, 0.3) is 0 Å². The van der Waals surface area contributed by atoms with Crippen molar-refractivity contribution in [1.29, 1.82) is 0 Å². The van der Waals surface area contributed by atoms with E-state index in [1.807, 2.05) is 24.3 Å². The maximum Gasteiger partial charge on any atom is 0.253 e. The Bertz CT molecular complexity index is 348. The summed E-state index contributed by atoms with van der Waals surface area (Å²) in [6, 6.07) is 7.29. The molecule has 0 aliphatic carbocycles. The Balaban J connectivity index is 2.53. The molecule has 17 heavy (non-hydrogen) atoms. The highest BCUT2D eigenvalue weighted by atomic mass is 16.5. The van der Waals surface area contributed by atoms with E-state index >= 15 is 0 Å². The Morgan fingerprint density at radius 1 is 1.35 bits per heavy atom. The Kier molecular flexibility index (Phi) is 5.49. The maximum atomic E-state index is 11.5. The molecule has 4 heteroatoms. The number of amides is 1. The van der Waals surface area contributed by atoms with Gasteiger partial charge in [-0.2, -0.15) is 0 Å². The minimum Gasteiger partial charge on any atom is -0.494 e. The van der Waals surface area contributed by atoms with Gasteiger partial charge in [0.1, 0.15) is 11.9 Å². The van der Waals surface area contributed by atoms with Crippen LogP contribution < -0.4 is 10.1 Å². The van der Waals surface area contributed by atoms with Crippen molar-refractivity contribution >= 4 is 11.6 Å². The fraction of sp³-hybridized carbons (Fsp3) is 0.462. The molecule has 0 saturated carbocycles. The first-order chi connectivity index (χ1) is 8.17. The summed E-state index contributed by atoms with van der Waals surface area (Å²) in [4.78, 5) is 11.5. The molecule has 0 radical (unpaired) electrons. The molecule has 1 atom stereocenters. The molecule has 94 valence electrons.